The predicted octanol–water partition coefficient (Wildman–Crippen LogP) is 3.22. The van der Waals surface area contributed by atoms with Crippen molar-refractivity contribution in [2.75, 3.05) is 6.26 Å². The Balaban J connectivity index is 2.03. The van der Waals surface area contributed by atoms with Crippen LogP contribution < -0.4 is 0 Å². The topological polar surface area (TPSA) is 80.1 Å². The zero-order valence-corrected chi connectivity index (χ0v) is 15.5. The van der Waals surface area contributed by atoms with E-state index in [9.17, 15) is 8.42 Å². The maximum absolute atomic E-state index is 11.5. The number of halogens is 1. The van der Waals surface area contributed by atoms with Crippen LogP contribution in [0.5, 0.6) is 0 Å². The summed E-state index contributed by atoms with van der Waals surface area (Å²) in [6, 6.07) is 7.26. The fourth-order valence-electron chi connectivity index (χ4n) is 2.52. The summed E-state index contributed by atoms with van der Waals surface area (Å²) in [5, 5.41) is 9.44. The fraction of sp³-hybridized carbons (Fsp3) is 0.375. The molecule has 0 saturated carbocycles. The van der Waals surface area contributed by atoms with E-state index >= 15 is 0 Å². The van der Waals surface area contributed by atoms with E-state index in [1.807, 2.05) is 32.9 Å². The Kier molecular flexibility index (Phi) is 3.96. The highest BCUT2D eigenvalue weighted by atomic mass is 35.5. The lowest BCUT2D eigenvalue weighted by atomic mass is 9.92. The lowest BCUT2D eigenvalue weighted by molar-refractivity contribution is 0.557. The summed E-state index contributed by atoms with van der Waals surface area (Å²) >= 11 is 6.43. The second-order valence-electron chi connectivity index (χ2n) is 6.99. The van der Waals surface area contributed by atoms with Crippen LogP contribution in [0, 0.1) is 0 Å². The molecule has 0 saturated heterocycles. The molecule has 24 heavy (non-hydrogen) atoms. The summed E-state index contributed by atoms with van der Waals surface area (Å²) in [4.78, 5) is 3.17. The van der Waals surface area contributed by atoms with Gasteiger partial charge in [-0.2, -0.15) is 5.10 Å². The smallest absolute Gasteiger partial charge is 0.175 e. The van der Waals surface area contributed by atoms with E-state index in [1.165, 1.54) is 10.9 Å². The summed E-state index contributed by atoms with van der Waals surface area (Å²) in [5.74, 6) is 0.586. The van der Waals surface area contributed by atoms with E-state index in [-0.39, 0.29) is 11.2 Å². The standard InChI is InChI=1S/C16H19ClN4O2S/c1-16(2,3)13-12(17)15-18-14(20-21(15)19-13)11-7-5-6-10(8-11)9-24(4,22)23/h5-8H,9H2,1-4H3,(H,18,20). The number of aromatic amines is 1. The molecule has 0 amide bonds. The predicted molar refractivity (Wildman–Crippen MR) is 95.0 cm³/mol. The Hall–Kier alpha value is -1.86. The van der Waals surface area contributed by atoms with Gasteiger partial charge in [0, 0.05) is 17.2 Å². The third-order valence-electron chi connectivity index (χ3n) is 3.58. The number of sulfone groups is 1. The minimum absolute atomic E-state index is 0.00634. The summed E-state index contributed by atoms with van der Waals surface area (Å²) in [5.41, 5.74) is 2.73. The largest absolute Gasteiger partial charge is 0.320 e. The second kappa shape index (κ2) is 5.60. The van der Waals surface area contributed by atoms with Gasteiger partial charge >= 0.3 is 0 Å². The maximum Gasteiger partial charge on any atom is 0.175 e. The Labute approximate surface area is 145 Å². The number of aromatic nitrogens is 4. The van der Waals surface area contributed by atoms with Crippen molar-refractivity contribution in [3.8, 4) is 11.4 Å². The molecule has 0 aliphatic carbocycles. The van der Waals surface area contributed by atoms with Gasteiger partial charge in [0.15, 0.2) is 21.3 Å². The summed E-state index contributed by atoms with van der Waals surface area (Å²) < 4.78 is 24.4. The Morgan fingerprint density at radius 1 is 1.25 bits per heavy atom. The van der Waals surface area contributed by atoms with Crippen LogP contribution in [-0.4, -0.2) is 34.5 Å². The van der Waals surface area contributed by atoms with Gasteiger partial charge < -0.3 is 4.98 Å². The number of hydrogen-bond donors (Lipinski definition) is 1. The average molecular weight is 367 g/mol. The average Bonchev–Trinajstić information content (AvgIpc) is 2.97. The van der Waals surface area contributed by atoms with Crippen molar-refractivity contribution >= 4 is 27.1 Å². The number of benzene rings is 1. The third kappa shape index (κ3) is 3.32. The summed E-state index contributed by atoms with van der Waals surface area (Å²) in [6.07, 6.45) is 1.22. The second-order valence-corrected chi connectivity index (χ2v) is 9.51. The molecule has 6 nitrogen and oxygen atoms in total. The molecule has 1 aromatic carbocycles. The maximum atomic E-state index is 11.5. The fourth-order valence-corrected chi connectivity index (χ4v) is 3.75. The molecule has 0 radical (unpaired) electrons. The number of rotatable bonds is 3. The monoisotopic (exact) mass is 366 g/mol. The van der Waals surface area contributed by atoms with Crippen LogP contribution in [0.2, 0.25) is 5.02 Å². The number of fused-ring (bicyclic) bond motifs is 1. The van der Waals surface area contributed by atoms with Crippen LogP contribution in [0.4, 0.5) is 0 Å². The van der Waals surface area contributed by atoms with Crippen LogP contribution in [0.1, 0.15) is 32.0 Å². The first kappa shape index (κ1) is 17.0. The van der Waals surface area contributed by atoms with Gasteiger partial charge in [0.25, 0.3) is 0 Å². The van der Waals surface area contributed by atoms with Crippen molar-refractivity contribution in [2.24, 2.45) is 0 Å². The molecule has 0 spiro atoms. The van der Waals surface area contributed by atoms with Gasteiger partial charge in [-0.05, 0) is 11.6 Å². The summed E-state index contributed by atoms with van der Waals surface area (Å²) in [6.45, 7) is 6.11. The molecule has 0 bridgehead atoms. The van der Waals surface area contributed by atoms with Gasteiger partial charge in [0.05, 0.1) is 11.4 Å². The molecule has 128 valence electrons. The first-order valence-corrected chi connectivity index (χ1v) is 9.90. The first-order valence-electron chi connectivity index (χ1n) is 7.46. The Bertz CT molecular complexity index is 1010. The number of H-pyrrole nitrogens is 1. The molecule has 3 aromatic rings. The molecular formula is C16H19ClN4O2S. The molecule has 2 heterocycles. The molecule has 0 aliphatic heterocycles. The van der Waals surface area contributed by atoms with Crippen molar-refractivity contribution in [3.63, 3.8) is 0 Å². The van der Waals surface area contributed by atoms with Crippen LogP contribution in [0.25, 0.3) is 17.0 Å². The van der Waals surface area contributed by atoms with E-state index in [0.29, 0.717) is 22.1 Å². The molecule has 0 atom stereocenters. The van der Waals surface area contributed by atoms with Crippen LogP contribution in [0.3, 0.4) is 0 Å². The molecule has 0 unspecified atom stereocenters. The lowest BCUT2D eigenvalue weighted by Gasteiger charge is -2.14. The molecule has 1 N–H and O–H groups in total. The van der Waals surface area contributed by atoms with Crippen molar-refractivity contribution in [3.05, 3.63) is 40.5 Å². The molecular weight excluding hydrogens is 348 g/mol. The highest BCUT2D eigenvalue weighted by Gasteiger charge is 2.25. The summed E-state index contributed by atoms with van der Waals surface area (Å²) in [7, 11) is -3.09. The van der Waals surface area contributed by atoms with Gasteiger partial charge in [-0.25, -0.2) is 8.42 Å². The SMILES string of the molecule is CC(C)(C)c1nn2nc(-c3cccc(CS(C)(=O)=O)c3)[nH]c2c1Cl. The van der Waals surface area contributed by atoms with Gasteiger partial charge in [-0.15, -0.1) is 9.73 Å². The third-order valence-corrected chi connectivity index (χ3v) is 4.80. The minimum atomic E-state index is -3.09. The van der Waals surface area contributed by atoms with Crippen molar-refractivity contribution in [2.45, 2.75) is 31.9 Å². The van der Waals surface area contributed by atoms with Crippen LogP contribution in [-0.2, 0) is 21.0 Å². The van der Waals surface area contributed by atoms with Crippen LogP contribution >= 0.6 is 11.6 Å². The van der Waals surface area contributed by atoms with E-state index in [0.717, 1.165) is 11.3 Å². The highest BCUT2D eigenvalue weighted by molar-refractivity contribution is 7.89. The first-order chi connectivity index (χ1) is 11.0. The zero-order valence-electron chi connectivity index (χ0n) is 14.0. The van der Waals surface area contributed by atoms with E-state index in [2.05, 4.69) is 15.2 Å². The molecule has 0 aliphatic rings. The van der Waals surface area contributed by atoms with Gasteiger partial charge in [-0.3, -0.25) is 0 Å². The van der Waals surface area contributed by atoms with E-state index in [1.54, 1.807) is 12.1 Å². The molecule has 2 aromatic heterocycles. The molecule has 3 rings (SSSR count). The molecule has 0 fully saturated rings. The van der Waals surface area contributed by atoms with Gasteiger partial charge in [0.1, 0.15) is 5.02 Å². The van der Waals surface area contributed by atoms with Gasteiger partial charge in [-0.1, -0.05) is 50.6 Å². The lowest BCUT2D eigenvalue weighted by Crippen LogP contribution is -2.13. The highest BCUT2D eigenvalue weighted by Crippen LogP contribution is 2.31. The van der Waals surface area contributed by atoms with Crippen molar-refractivity contribution < 1.29 is 8.42 Å². The van der Waals surface area contributed by atoms with Crippen molar-refractivity contribution in [1.82, 2.24) is 19.8 Å². The number of hydrogen-bond acceptors (Lipinski definition) is 4. The Morgan fingerprint density at radius 2 is 1.96 bits per heavy atom. The number of nitrogens with zero attached hydrogens (tertiary/aromatic N) is 3. The number of nitrogens with one attached hydrogen (secondary N) is 1. The molecule has 8 heteroatoms. The van der Waals surface area contributed by atoms with E-state index in [4.69, 9.17) is 11.6 Å². The Morgan fingerprint density at radius 3 is 2.54 bits per heavy atom. The zero-order chi connectivity index (χ0) is 17.7. The quantitative estimate of drug-likeness (QED) is 0.771. The van der Waals surface area contributed by atoms with E-state index < -0.39 is 9.84 Å². The van der Waals surface area contributed by atoms with Gasteiger partial charge in [0.2, 0.25) is 0 Å². The minimum Gasteiger partial charge on any atom is -0.320 e. The van der Waals surface area contributed by atoms with Crippen LogP contribution in [0.15, 0.2) is 24.3 Å². The van der Waals surface area contributed by atoms with Crippen molar-refractivity contribution in [1.29, 1.82) is 0 Å². The normalized spacial score (nSPS) is 12.9.